The highest BCUT2D eigenvalue weighted by Crippen LogP contribution is 2.39. The molecule has 3 atom stereocenters. The summed E-state index contributed by atoms with van der Waals surface area (Å²) in [4.78, 5) is 136. The quantitative estimate of drug-likeness (QED) is 0.0222. The van der Waals surface area contributed by atoms with Gasteiger partial charge in [-0.05, 0) is 81.1 Å². The second kappa shape index (κ2) is 25.0. The molecule has 1 saturated carbocycles. The highest BCUT2D eigenvalue weighted by Gasteiger charge is 2.36. The van der Waals surface area contributed by atoms with E-state index in [1.54, 1.807) is 17.2 Å². The summed E-state index contributed by atoms with van der Waals surface area (Å²) < 4.78 is 33.0. The van der Waals surface area contributed by atoms with Gasteiger partial charge < -0.3 is 80.5 Å². The maximum atomic E-state index is 15.6. The van der Waals surface area contributed by atoms with Crippen molar-refractivity contribution in [3.05, 3.63) is 111 Å². The number of hydrogen-bond acceptors (Lipinski definition) is 20. The van der Waals surface area contributed by atoms with Crippen LogP contribution in [0.4, 0.5) is 10.1 Å². The smallest absolute Gasteiger partial charge is 0.332 e. The average Bonchev–Trinajstić information content (AvgIpc) is 4.20. The fraction of sp³-hybridized carbons (Fsp3) is 0.345. The van der Waals surface area contributed by atoms with Gasteiger partial charge in [-0.2, -0.15) is 0 Å². The maximum Gasteiger partial charge on any atom is 0.332 e. The predicted octanol–water partition coefficient (Wildman–Crippen LogP) is 1.89. The third-order valence-corrected chi connectivity index (χ3v) is 13.8. The molecule has 2 saturated heterocycles. The van der Waals surface area contributed by atoms with E-state index in [0.717, 1.165) is 49.2 Å². The summed E-state index contributed by atoms with van der Waals surface area (Å²) in [5.74, 6) is -15.1. The summed E-state index contributed by atoms with van der Waals surface area (Å²) in [5.41, 5.74) is -1.87. The van der Waals surface area contributed by atoms with Crippen molar-refractivity contribution >= 4 is 69.8 Å². The van der Waals surface area contributed by atoms with Crippen LogP contribution in [0, 0.1) is 5.82 Å². The molecule has 4 aromatic carbocycles. The molecule has 1 aliphatic carbocycles. The summed E-state index contributed by atoms with van der Waals surface area (Å²) >= 11 is 0. The molecule has 27 heteroatoms. The minimum absolute atomic E-state index is 0.0102. The lowest BCUT2D eigenvalue weighted by Gasteiger charge is -2.36. The first-order valence-corrected chi connectivity index (χ1v) is 25.8. The average molecular weight is 1140 g/mol. The molecule has 5 amide bonds. The number of fused-ring (bicyclic) bond motifs is 1. The van der Waals surface area contributed by atoms with E-state index in [1.807, 2.05) is 9.47 Å². The van der Waals surface area contributed by atoms with Crippen LogP contribution in [0.25, 0.3) is 10.9 Å². The molecule has 0 radical (unpaired) electrons. The number of rotatable bonds is 16. The normalized spacial score (nSPS) is 17.7. The fourth-order valence-electron chi connectivity index (χ4n) is 9.11. The molecule has 0 spiro atoms. The maximum absolute atomic E-state index is 15.6. The van der Waals surface area contributed by atoms with Gasteiger partial charge in [-0.1, -0.05) is 18.6 Å². The minimum atomic E-state index is -2.03. The van der Waals surface area contributed by atoms with Gasteiger partial charge in [0.25, 0.3) is 23.6 Å². The molecular formula is C55H56FN7O19. The molecule has 3 aliphatic rings. The number of carbonyl (C=O) groups excluding carboxylic acids is 9. The van der Waals surface area contributed by atoms with Gasteiger partial charge >= 0.3 is 17.9 Å². The first-order valence-electron chi connectivity index (χ1n) is 25.8. The third kappa shape index (κ3) is 13.2. The summed E-state index contributed by atoms with van der Waals surface area (Å²) in [6, 6.07) is 5.35. The monoisotopic (exact) mass is 1140 g/mol. The number of Topliss-reactive ketones (excluding diaryl/α,β-unsaturated/α-hetero) is 1. The first kappa shape index (κ1) is 58.2. The summed E-state index contributed by atoms with van der Waals surface area (Å²) in [7, 11) is 0. The Morgan fingerprint density at radius 3 is 1.62 bits per heavy atom. The number of amides is 5. The van der Waals surface area contributed by atoms with Gasteiger partial charge in [-0.25, -0.2) is 18.8 Å². The summed E-state index contributed by atoms with van der Waals surface area (Å²) in [6.07, 6.45) is 4.80. The Kier molecular flexibility index (Phi) is 17.8. The van der Waals surface area contributed by atoms with Gasteiger partial charge in [-0.3, -0.25) is 33.6 Å². The van der Waals surface area contributed by atoms with Crippen LogP contribution in [-0.4, -0.2) is 164 Å². The standard InChI is InChI=1S/C55H56FN7O19/c1-27(64)34-23-63(29-12-13-29)39-22-40(35(56)21-32(39)45(34)69)61-15-17-62(18-16-61)44(68)11-3-2-4-14-57-49(73)28-19-33(48(72)43(67)20-28)52(76)60-38-26-82-54(78)36(58-50(74)30-7-5-9-41(65)46(30)70)24-80-53(77)37(25-81-55(38)79)59-51(75)31-8-6-10-42(66)47(31)71/h5-10,19-23,29,36-38,65-67,70-72H,2-4,11-18,24-26H2,1H3,(H,57,73)(H,58,74)(H,59,75)(H,60,76)/t36-,37-,38-/m0/s1. The number of hydrogen-bond donors (Lipinski definition) is 10. The number of ether oxygens (including phenoxy) is 3. The Morgan fingerprint density at radius 1 is 0.598 bits per heavy atom. The Bertz CT molecular complexity index is 3400. The Labute approximate surface area is 464 Å². The van der Waals surface area contributed by atoms with Crippen LogP contribution >= 0.6 is 0 Å². The van der Waals surface area contributed by atoms with Crippen molar-refractivity contribution in [3.8, 4) is 34.5 Å². The second-order valence-corrected chi connectivity index (χ2v) is 19.5. The zero-order valence-electron chi connectivity index (χ0n) is 43.8. The van der Waals surface area contributed by atoms with Crippen molar-refractivity contribution in [1.29, 1.82) is 0 Å². The van der Waals surface area contributed by atoms with E-state index in [0.29, 0.717) is 56.6 Å². The van der Waals surface area contributed by atoms with E-state index in [1.165, 1.54) is 25.1 Å². The van der Waals surface area contributed by atoms with Crippen LogP contribution in [-0.2, 0) is 33.4 Å². The molecule has 432 valence electrons. The first-order chi connectivity index (χ1) is 39.1. The number of nitrogens with one attached hydrogen (secondary N) is 4. The molecule has 0 unspecified atom stereocenters. The molecule has 3 fully saturated rings. The summed E-state index contributed by atoms with van der Waals surface area (Å²) in [6.45, 7) is -0.505. The number of aromatic nitrogens is 1. The number of ketones is 1. The minimum Gasteiger partial charge on any atom is -0.504 e. The van der Waals surface area contributed by atoms with E-state index >= 15 is 4.39 Å². The van der Waals surface area contributed by atoms with Crippen molar-refractivity contribution in [1.82, 2.24) is 30.7 Å². The number of carbonyl (C=O) groups is 9. The molecule has 82 heavy (non-hydrogen) atoms. The van der Waals surface area contributed by atoms with E-state index in [-0.39, 0.29) is 41.4 Å². The highest BCUT2D eigenvalue weighted by molar-refractivity contribution is 6.04. The number of phenolic OH excluding ortho intramolecular Hbond substituents is 6. The molecule has 3 heterocycles. The van der Waals surface area contributed by atoms with E-state index in [2.05, 4.69) is 21.3 Å². The van der Waals surface area contributed by atoms with Gasteiger partial charge in [0.05, 0.1) is 33.5 Å². The molecule has 0 bridgehead atoms. The Morgan fingerprint density at radius 2 is 1.11 bits per heavy atom. The number of para-hydroxylation sites is 2. The Hall–Kier alpha value is -9.95. The zero-order chi connectivity index (χ0) is 59.1. The van der Waals surface area contributed by atoms with Gasteiger partial charge in [-0.15, -0.1) is 0 Å². The molecular weight excluding hydrogens is 1080 g/mol. The second-order valence-electron chi connectivity index (χ2n) is 19.5. The topological polar surface area (TPSA) is 379 Å². The van der Waals surface area contributed by atoms with Crippen LogP contribution in [0.1, 0.15) is 103 Å². The van der Waals surface area contributed by atoms with Crippen molar-refractivity contribution < 1.29 is 92.4 Å². The largest absolute Gasteiger partial charge is 0.504 e. The number of pyridine rings is 1. The lowest BCUT2D eigenvalue weighted by molar-refractivity contribution is -0.160. The predicted molar refractivity (Wildman–Crippen MR) is 282 cm³/mol. The number of halogens is 1. The molecule has 8 rings (SSSR count). The van der Waals surface area contributed by atoms with Crippen LogP contribution in [0.3, 0.4) is 0 Å². The number of aromatic hydroxyl groups is 6. The number of cyclic esters (lactones) is 3. The lowest BCUT2D eigenvalue weighted by Crippen LogP contribution is -2.52. The van der Waals surface area contributed by atoms with Crippen LogP contribution in [0.5, 0.6) is 34.5 Å². The number of unbranched alkanes of at least 4 members (excludes halogenated alkanes) is 2. The van der Waals surface area contributed by atoms with Crippen LogP contribution in [0.2, 0.25) is 0 Å². The van der Waals surface area contributed by atoms with Gasteiger partial charge in [0.2, 0.25) is 5.91 Å². The highest BCUT2D eigenvalue weighted by atomic mass is 19.1. The fourth-order valence-corrected chi connectivity index (χ4v) is 9.11. The molecule has 5 aromatic rings. The Balaban J connectivity index is 0.860. The SMILES string of the molecule is CC(=O)c1cn(C2CC2)c2cc(N3CCN(C(=O)CCCCCNC(=O)c4cc(O)c(O)c(C(=O)N[C@H]5COC(=O)[C@@H](NC(=O)c6cccc(O)c6O)COC(=O)[C@@H](NC(=O)c6cccc(O)c6O)COC5=O)c4)CC3)c(F)cc2c1=O. The van der Waals surface area contributed by atoms with Gasteiger partial charge in [0.1, 0.15) is 25.6 Å². The number of nitrogens with zero attached hydrogens (tertiary/aromatic N) is 3. The number of phenols is 6. The van der Waals surface area contributed by atoms with E-state index in [4.69, 9.17) is 14.2 Å². The van der Waals surface area contributed by atoms with Crippen LogP contribution < -0.4 is 31.6 Å². The zero-order valence-corrected chi connectivity index (χ0v) is 43.8. The summed E-state index contributed by atoms with van der Waals surface area (Å²) in [5, 5.41) is 70.9. The van der Waals surface area contributed by atoms with Crippen molar-refractivity contribution in [2.45, 2.75) is 69.6 Å². The third-order valence-electron chi connectivity index (χ3n) is 13.8. The van der Waals surface area contributed by atoms with E-state index in [9.17, 15) is 78.6 Å². The number of piperazine rings is 1. The van der Waals surface area contributed by atoms with Gasteiger partial charge in [0.15, 0.2) is 63.8 Å². The van der Waals surface area contributed by atoms with E-state index < -0.39 is 148 Å². The van der Waals surface area contributed by atoms with Gasteiger partial charge in [0, 0.05) is 62.3 Å². The molecule has 2 aliphatic heterocycles. The number of benzene rings is 4. The molecule has 26 nitrogen and oxygen atoms in total. The molecule has 1 aromatic heterocycles. The lowest BCUT2D eigenvalue weighted by atomic mass is 10.1. The van der Waals surface area contributed by atoms with Crippen molar-refractivity contribution in [3.63, 3.8) is 0 Å². The number of anilines is 1. The van der Waals surface area contributed by atoms with Crippen molar-refractivity contribution in [2.75, 3.05) is 57.4 Å². The molecule has 10 N–H and O–H groups in total. The number of esters is 3. The van der Waals surface area contributed by atoms with Crippen molar-refractivity contribution in [2.24, 2.45) is 0 Å². The van der Waals surface area contributed by atoms with Crippen LogP contribution in [0.15, 0.2) is 71.7 Å².